The SMILES string of the molecule is CSCCCCCNc1nc(C(F)(F)F)ccc1C(N)=O. The Balaban J connectivity index is 2.71. The van der Waals surface area contributed by atoms with Crippen molar-refractivity contribution in [1.29, 1.82) is 0 Å². The topological polar surface area (TPSA) is 68.0 Å². The minimum absolute atomic E-state index is 0.0351. The third kappa shape index (κ3) is 5.82. The van der Waals surface area contributed by atoms with E-state index in [0.717, 1.165) is 37.1 Å². The number of anilines is 1. The van der Waals surface area contributed by atoms with Crippen molar-refractivity contribution < 1.29 is 18.0 Å². The molecule has 0 bridgehead atoms. The van der Waals surface area contributed by atoms with Gasteiger partial charge in [-0.15, -0.1) is 0 Å². The lowest BCUT2D eigenvalue weighted by Crippen LogP contribution is -2.18. The summed E-state index contributed by atoms with van der Waals surface area (Å²) in [6.07, 6.45) is 0.256. The van der Waals surface area contributed by atoms with Crippen molar-refractivity contribution in [3.05, 3.63) is 23.4 Å². The number of thioether (sulfide) groups is 1. The van der Waals surface area contributed by atoms with Crippen LogP contribution in [0.15, 0.2) is 12.1 Å². The van der Waals surface area contributed by atoms with E-state index in [-0.39, 0.29) is 11.4 Å². The molecule has 0 saturated heterocycles. The van der Waals surface area contributed by atoms with Gasteiger partial charge in [0.2, 0.25) is 0 Å². The van der Waals surface area contributed by atoms with Crippen molar-refractivity contribution in [2.45, 2.75) is 25.4 Å². The number of hydrogen-bond acceptors (Lipinski definition) is 4. The van der Waals surface area contributed by atoms with Crippen LogP contribution in [0.4, 0.5) is 19.0 Å². The average molecular weight is 321 g/mol. The van der Waals surface area contributed by atoms with E-state index in [2.05, 4.69) is 10.3 Å². The van der Waals surface area contributed by atoms with Crippen LogP contribution in [0.1, 0.15) is 35.3 Å². The van der Waals surface area contributed by atoms with Crippen LogP contribution in [0.25, 0.3) is 0 Å². The lowest BCUT2D eigenvalue weighted by molar-refractivity contribution is -0.141. The van der Waals surface area contributed by atoms with Crippen LogP contribution in [-0.2, 0) is 6.18 Å². The first-order valence-corrected chi connectivity index (χ1v) is 7.86. The molecule has 118 valence electrons. The van der Waals surface area contributed by atoms with E-state index in [0.29, 0.717) is 6.54 Å². The van der Waals surface area contributed by atoms with Gasteiger partial charge in [0.1, 0.15) is 11.5 Å². The van der Waals surface area contributed by atoms with Gasteiger partial charge in [-0.2, -0.15) is 24.9 Å². The van der Waals surface area contributed by atoms with Crippen LogP contribution in [0.2, 0.25) is 0 Å². The predicted octanol–water partition coefficient (Wildman–Crippen LogP) is 3.14. The number of hydrogen-bond donors (Lipinski definition) is 2. The van der Waals surface area contributed by atoms with Crippen LogP contribution in [0, 0.1) is 0 Å². The highest BCUT2D eigenvalue weighted by Crippen LogP contribution is 2.29. The lowest BCUT2D eigenvalue weighted by Gasteiger charge is -2.12. The Morgan fingerprint density at radius 2 is 2.05 bits per heavy atom. The van der Waals surface area contributed by atoms with Crippen LogP contribution in [0.5, 0.6) is 0 Å². The first-order chi connectivity index (χ1) is 9.86. The summed E-state index contributed by atoms with van der Waals surface area (Å²) in [5, 5.41) is 2.77. The van der Waals surface area contributed by atoms with Gasteiger partial charge < -0.3 is 11.1 Å². The Hall–Kier alpha value is -1.44. The van der Waals surface area contributed by atoms with E-state index in [1.165, 1.54) is 0 Å². The van der Waals surface area contributed by atoms with E-state index >= 15 is 0 Å². The molecule has 1 aromatic heterocycles. The number of carbonyl (C=O) groups excluding carboxylic acids is 1. The number of nitrogens with two attached hydrogens (primary N) is 1. The Bertz CT molecular complexity index is 480. The van der Waals surface area contributed by atoms with Crippen molar-refractivity contribution in [1.82, 2.24) is 4.98 Å². The molecule has 1 rings (SSSR count). The van der Waals surface area contributed by atoms with Gasteiger partial charge in [0.15, 0.2) is 0 Å². The number of nitrogens with one attached hydrogen (secondary N) is 1. The van der Waals surface area contributed by atoms with Crippen molar-refractivity contribution in [2.75, 3.05) is 23.9 Å². The maximum absolute atomic E-state index is 12.6. The van der Waals surface area contributed by atoms with Crippen LogP contribution >= 0.6 is 11.8 Å². The monoisotopic (exact) mass is 321 g/mol. The summed E-state index contributed by atoms with van der Waals surface area (Å²) in [5.41, 5.74) is 4.06. The van der Waals surface area contributed by atoms with Gasteiger partial charge in [0.25, 0.3) is 5.91 Å². The molecular formula is C13H18F3N3OS. The van der Waals surface area contributed by atoms with Crippen LogP contribution < -0.4 is 11.1 Å². The molecule has 1 amide bonds. The summed E-state index contributed by atoms with van der Waals surface area (Å²) < 4.78 is 37.9. The summed E-state index contributed by atoms with van der Waals surface area (Å²) in [5.74, 6) is 0.136. The molecule has 0 saturated carbocycles. The molecule has 8 heteroatoms. The van der Waals surface area contributed by atoms with E-state index in [4.69, 9.17) is 5.73 Å². The quantitative estimate of drug-likeness (QED) is 0.722. The number of amides is 1. The first-order valence-electron chi connectivity index (χ1n) is 6.47. The zero-order valence-corrected chi connectivity index (χ0v) is 12.5. The van der Waals surface area contributed by atoms with E-state index in [1.54, 1.807) is 11.8 Å². The van der Waals surface area contributed by atoms with Crippen molar-refractivity contribution in [2.24, 2.45) is 5.73 Å². The largest absolute Gasteiger partial charge is 0.433 e. The van der Waals surface area contributed by atoms with Gasteiger partial charge in [0.05, 0.1) is 5.56 Å². The maximum atomic E-state index is 12.6. The molecule has 0 aromatic carbocycles. The number of unbranched alkanes of at least 4 members (excludes halogenated alkanes) is 2. The summed E-state index contributed by atoms with van der Waals surface area (Å²) in [6.45, 7) is 0.447. The first kappa shape index (κ1) is 17.6. The number of halogens is 3. The number of carbonyl (C=O) groups is 1. The molecule has 0 aliphatic heterocycles. The second kappa shape index (κ2) is 8.11. The van der Waals surface area contributed by atoms with Gasteiger partial charge in [0, 0.05) is 6.54 Å². The number of nitrogens with zero attached hydrogens (tertiary/aromatic N) is 1. The zero-order chi connectivity index (χ0) is 15.9. The molecule has 0 radical (unpaired) electrons. The highest BCUT2D eigenvalue weighted by atomic mass is 32.2. The fourth-order valence-electron chi connectivity index (χ4n) is 1.71. The second-order valence-corrected chi connectivity index (χ2v) is 5.42. The molecule has 0 aliphatic carbocycles. The molecule has 3 N–H and O–H groups in total. The second-order valence-electron chi connectivity index (χ2n) is 4.43. The summed E-state index contributed by atoms with van der Waals surface area (Å²) in [6, 6.07) is 1.80. The van der Waals surface area contributed by atoms with E-state index < -0.39 is 17.8 Å². The zero-order valence-electron chi connectivity index (χ0n) is 11.7. The van der Waals surface area contributed by atoms with Crippen molar-refractivity contribution in [3.8, 4) is 0 Å². The molecule has 0 spiro atoms. The normalized spacial score (nSPS) is 11.4. The van der Waals surface area contributed by atoms with Gasteiger partial charge in [-0.05, 0) is 37.0 Å². The van der Waals surface area contributed by atoms with E-state index in [1.807, 2.05) is 6.26 Å². The van der Waals surface area contributed by atoms with Crippen LogP contribution in [0.3, 0.4) is 0 Å². The maximum Gasteiger partial charge on any atom is 0.433 e. The Labute approximate surface area is 125 Å². The lowest BCUT2D eigenvalue weighted by atomic mass is 10.2. The van der Waals surface area contributed by atoms with E-state index in [9.17, 15) is 18.0 Å². The third-order valence-corrected chi connectivity index (χ3v) is 3.47. The van der Waals surface area contributed by atoms with Gasteiger partial charge in [-0.1, -0.05) is 6.42 Å². The molecule has 0 aliphatic rings. The number of aromatic nitrogens is 1. The number of rotatable bonds is 8. The fraction of sp³-hybridized carbons (Fsp3) is 0.538. The molecule has 21 heavy (non-hydrogen) atoms. The predicted molar refractivity (Wildman–Crippen MR) is 78.5 cm³/mol. The summed E-state index contributed by atoms with van der Waals surface area (Å²) >= 11 is 1.75. The highest BCUT2D eigenvalue weighted by Gasteiger charge is 2.33. The Kier molecular flexibility index (Phi) is 6.80. The smallest absolute Gasteiger partial charge is 0.369 e. The van der Waals surface area contributed by atoms with Gasteiger partial charge in [-0.25, -0.2) is 4.98 Å². The summed E-state index contributed by atoms with van der Waals surface area (Å²) in [4.78, 5) is 14.7. The standard InChI is InChI=1S/C13H18F3N3OS/c1-21-8-4-2-3-7-18-12-9(11(17)20)5-6-10(19-12)13(14,15)16/h5-6H,2-4,7-8H2,1H3,(H2,17,20)(H,18,19). The molecule has 1 heterocycles. The van der Waals surface area contributed by atoms with Crippen LogP contribution in [-0.4, -0.2) is 29.4 Å². The molecule has 0 unspecified atom stereocenters. The fourth-order valence-corrected chi connectivity index (χ4v) is 2.20. The average Bonchev–Trinajstić information content (AvgIpc) is 2.41. The number of pyridine rings is 1. The Morgan fingerprint density at radius 3 is 2.62 bits per heavy atom. The molecular weight excluding hydrogens is 303 g/mol. The molecule has 1 aromatic rings. The number of alkyl halides is 3. The minimum Gasteiger partial charge on any atom is -0.369 e. The summed E-state index contributed by atoms with van der Waals surface area (Å²) in [7, 11) is 0. The van der Waals surface area contributed by atoms with Gasteiger partial charge in [-0.3, -0.25) is 4.79 Å². The molecule has 0 fully saturated rings. The Morgan fingerprint density at radius 1 is 1.33 bits per heavy atom. The highest BCUT2D eigenvalue weighted by molar-refractivity contribution is 7.98. The molecule has 4 nitrogen and oxygen atoms in total. The minimum atomic E-state index is -4.55. The van der Waals surface area contributed by atoms with Gasteiger partial charge >= 0.3 is 6.18 Å². The van der Waals surface area contributed by atoms with Crippen molar-refractivity contribution in [3.63, 3.8) is 0 Å². The molecule has 0 atom stereocenters. The van der Waals surface area contributed by atoms with Crippen molar-refractivity contribution >= 4 is 23.5 Å². The number of primary amides is 1. The third-order valence-electron chi connectivity index (χ3n) is 2.77.